The SMILES string of the molecule is CCCCCCCCCCCCCCCCCCCCC(C)[N+](C)(C)C.[Cl-]. The molecule has 0 saturated carbocycles. The first kappa shape index (κ1) is 29.5. The highest BCUT2D eigenvalue weighted by atomic mass is 35.5. The molecule has 0 aromatic carbocycles. The third-order valence-electron chi connectivity index (χ3n) is 6.30. The third kappa shape index (κ3) is 22.4. The Hall–Kier alpha value is 0.250. The summed E-state index contributed by atoms with van der Waals surface area (Å²) in [6, 6.07) is 0.802. The molecule has 0 bridgehead atoms. The van der Waals surface area contributed by atoms with E-state index < -0.39 is 0 Å². The molecule has 0 aliphatic heterocycles. The fourth-order valence-corrected chi connectivity index (χ4v) is 3.73. The van der Waals surface area contributed by atoms with E-state index in [-0.39, 0.29) is 12.4 Å². The molecule has 0 aromatic rings. The van der Waals surface area contributed by atoms with Crippen LogP contribution in [0.3, 0.4) is 0 Å². The Kier molecular flexibility index (Phi) is 22.9. The molecule has 0 aromatic heterocycles. The second kappa shape index (κ2) is 21.0. The van der Waals surface area contributed by atoms with E-state index >= 15 is 0 Å². The van der Waals surface area contributed by atoms with Gasteiger partial charge in [-0.05, 0) is 19.8 Å². The molecule has 1 nitrogen and oxygen atoms in total. The molecule has 0 N–H and O–H groups in total. The lowest BCUT2D eigenvalue weighted by molar-refractivity contribution is -0.894. The molecule has 0 heterocycles. The average molecular weight is 404 g/mol. The zero-order valence-corrected chi connectivity index (χ0v) is 20.6. The van der Waals surface area contributed by atoms with Gasteiger partial charge in [-0.1, -0.05) is 116 Å². The van der Waals surface area contributed by atoms with Gasteiger partial charge in [0.15, 0.2) is 0 Å². The zero-order valence-electron chi connectivity index (χ0n) is 19.8. The fraction of sp³-hybridized carbons (Fsp3) is 1.00. The predicted octanol–water partition coefficient (Wildman–Crippen LogP) is 5.52. The van der Waals surface area contributed by atoms with Crippen LogP contribution < -0.4 is 12.4 Å². The monoisotopic (exact) mass is 403 g/mol. The van der Waals surface area contributed by atoms with Crippen molar-refractivity contribution < 1.29 is 16.9 Å². The number of nitrogens with zero attached hydrogens (tertiary/aromatic N) is 1. The van der Waals surface area contributed by atoms with Gasteiger partial charge in [-0.3, -0.25) is 0 Å². The van der Waals surface area contributed by atoms with E-state index in [1.165, 1.54) is 122 Å². The molecule has 0 aliphatic rings. The maximum absolute atomic E-state index is 2.40. The van der Waals surface area contributed by atoms with Crippen molar-refractivity contribution in [2.75, 3.05) is 21.1 Å². The fourth-order valence-electron chi connectivity index (χ4n) is 3.73. The lowest BCUT2D eigenvalue weighted by Crippen LogP contribution is -3.00. The molecule has 0 fully saturated rings. The van der Waals surface area contributed by atoms with Gasteiger partial charge < -0.3 is 16.9 Å². The topological polar surface area (TPSA) is 0 Å². The van der Waals surface area contributed by atoms with E-state index in [2.05, 4.69) is 35.0 Å². The van der Waals surface area contributed by atoms with Crippen LogP contribution >= 0.6 is 0 Å². The van der Waals surface area contributed by atoms with Gasteiger partial charge >= 0.3 is 0 Å². The van der Waals surface area contributed by atoms with Gasteiger partial charge in [-0.2, -0.15) is 0 Å². The maximum Gasteiger partial charge on any atom is 0.0855 e. The van der Waals surface area contributed by atoms with E-state index in [4.69, 9.17) is 0 Å². The quantitative estimate of drug-likeness (QED) is 0.185. The predicted molar refractivity (Wildman–Crippen MR) is 121 cm³/mol. The van der Waals surface area contributed by atoms with Crippen molar-refractivity contribution in [1.29, 1.82) is 0 Å². The summed E-state index contributed by atoms with van der Waals surface area (Å²) in [6.07, 6.45) is 27.8. The van der Waals surface area contributed by atoms with Crippen molar-refractivity contribution in [2.24, 2.45) is 0 Å². The van der Waals surface area contributed by atoms with Crippen LogP contribution in [0.4, 0.5) is 0 Å². The van der Waals surface area contributed by atoms with Crippen molar-refractivity contribution in [2.45, 2.75) is 142 Å². The van der Waals surface area contributed by atoms with Crippen molar-refractivity contribution in [1.82, 2.24) is 0 Å². The molecule has 1 atom stereocenters. The summed E-state index contributed by atoms with van der Waals surface area (Å²) >= 11 is 0. The molecule has 0 aliphatic carbocycles. The zero-order chi connectivity index (χ0) is 19.5. The first-order valence-electron chi connectivity index (χ1n) is 12.3. The highest BCUT2D eigenvalue weighted by molar-refractivity contribution is 4.53. The Morgan fingerprint density at radius 2 is 0.741 bits per heavy atom. The van der Waals surface area contributed by atoms with Crippen LogP contribution in [-0.4, -0.2) is 31.7 Å². The van der Waals surface area contributed by atoms with Gasteiger partial charge in [-0.25, -0.2) is 0 Å². The smallest absolute Gasteiger partial charge is 0.0855 e. The molecular weight excluding hydrogens is 350 g/mol. The van der Waals surface area contributed by atoms with Gasteiger partial charge in [0.2, 0.25) is 0 Å². The minimum atomic E-state index is 0. The highest BCUT2D eigenvalue weighted by Crippen LogP contribution is 2.16. The summed E-state index contributed by atoms with van der Waals surface area (Å²) < 4.78 is 1.11. The van der Waals surface area contributed by atoms with Crippen molar-refractivity contribution in [3.8, 4) is 0 Å². The molecule has 0 radical (unpaired) electrons. The van der Waals surface area contributed by atoms with E-state index in [0.717, 1.165) is 10.5 Å². The standard InChI is InChI=1S/C25H54N.ClH/c1-6-7-8-9-10-11-12-13-14-15-16-17-18-19-20-21-22-23-24-25(2)26(3,4)5;/h25H,6-24H2,1-5H3;1H/q+1;/p-1. The number of unbranched alkanes of at least 4 members (excludes halogenated alkanes) is 17. The Labute approximate surface area is 180 Å². The molecule has 0 amide bonds. The molecule has 27 heavy (non-hydrogen) atoms. The van der Waals surface area contributed by atoms with E-state index in [9.17, 15) is 0 Å². The van der Waals surface area contributed by atoms with Crippen LogP contribution in [-0.2, 0) is 0 Å². The molecular formula is C25H54ClN. The largest absolute Gasteiger partial charge is 1.00 e. The second-order valence-corrected chi connectivity index (χ2v) is 9.76. The van der Waals surface area contributed by atoms with Crippen LogP contribution in [0.2, 0.25) is 0 Å². The number of rotatable bonds is 20. The lowest BCUT2D eigenvalue weighted by atomic mass is 10.0. The Morgan fingerprint density at radius 1 is 0.481 bits per heavy atom. The van der Waals surface area contributed by atoms with Crippen molar-refractivity contribution >= 4 is 0 Å². The Bertz CT molecular complexity index is 272. The summed E-state index contributed by atoms with van der Waals surface area (Å²) in [5.74, 6) is 0. The van der Waals surface area contributed by atoms with Crippen LogP contribution in [0.15, 0.2) is 0 Å². The minimum absolute atomic E-state index is 0. The molecule has 0 saturated heterocycles. The van der Waals surface area contributed by atoms with Crippen molar-refractivity contribution in [3.63, 3.8) is 0 Å². The van der Waals surface area contributed by atoms with Gasteiger partial charge in [0.05, 0.1) is 27.2 Å². The number of hydrogen-bond acceptors (Lipinski definition) is 0. The Morgan fingerprint density at radius 3 is 1.00 bits per heavy atom. The third-order valence-corrected chi connectivity index (χ3v) is 6.30. The average Bonchev–Trinajstić information content (AvgIpc) is 2.59. The van der Waals surface area contributed by atoms with Crippen LogP contribution in [0, 0.1) is 0 Å². The van der Waals surface area contributed by atoms with Crippen molar-refractivity contribution in [3.05, 3.63) is 0 Å². The highest BCUT2D eigenvalue weighted by Gasteiger charge is 2.16. The molecule has 166 valence electrons. The van der Waals surface area contributed by atoms with Crippen LogP contribution in [0.1, 0.15) is 136 Å². The summed E-state index contributed by atoms with van der Waals surface area (Å²) in [6.45, 7) is 4.70. The summed E-state index contributed by atoms with van der Waals surface area (Å²) in [5, 5.41) is 0. The first-order chi connectivity index (χ1) is 12.5. The summed E-state index contributed by atoms with van der Waals surface area (Å²) in [4.78, 5) is 0. The molecule has 0 rings (SSSR count). The lowest BCUT2D eigenvalue weighted by Gasteiger charge is -2.31. The van der Waals surface area contributed by atoms with E-state index in [0.29, 0.717) is 0 Å². The van der Waals surface area contributed by atoms with Gasteiger partial charge in [0.25, 0.3) is 0 Å². The number of quaternary nitrogens is 1. The summed E-state index contributed by atoms with van der Waals surface area (Å²) in [7, 11) is 6.96. The molecule has 2 heteroatoms. The second-order valence-electron chi connectivity index (χ2n) is 9.76. The van der Waals surface area contributed by atoms with Crippen LogP contribution in [0.25, 0.3) is 0 Å². The van der Waals surface area contributed by atoms with E-state index in [1.54, 1.807) is 0 Å². The number of hydrogen-bond donors (Lipinski definition) is 0. The van der Waals surface area contributed by atoms with E-state index in [1.807, 2.05) is 0 Å². The van der Waals surface area contributed by atoms with Gasteiger partial charge in [0, 0.05) is 0 Å². The first-order valence-corrected chi connectivity index (χ1v) is 12.3. The number of halogens is 1. The normalized spacial score (nSPS) is 12.8. The summed E-state index contributed by atoms with van der Waals surface area (Å²) in [5.41, 5.74) is 0. The molecule has 0 spiro atoms. The molecule has 1 unspecified atom stereocenters. The van der Waals surface area contributed by atoms with Crippen LogP contribution in [0.5, 0.6) is 0 Å². The van der Waals surface area contributed by atoms with Gasteiger partial charge in [0.1, 0.15) is 0 Å². The minimum Gasteiger partial charge on any atom is -1.00 e. The maximum atomic E-state index is 2.40. The van der Waals surface area contributed by atoms with Gasteiger partial charge in [-0.15, -0.1) is 0 Å². The Balaban J connectivity index is 0.